The third kappa shape index (κ3) is 3.53. The fourth-order valence-corrected chi connectivity index (χ4v) is 4.50. The predicted octanol–water partition coefficient (Wildman–Crippen LogP) is 3.61. The molecule has 0 spiro atoms. The van der Waals surface area contributed by atoms with Crippen molar-refractivity contribution in [2.75, 3.05) is 11.4 Å². The molecule has 0 radical (unpaired) electrons. The molecule has 1 aliphatic heterocycles. The van der Waals surface area contributed by atoms with Gasteiger partial charge >= 0.3 is 0 Å². The van der Waals surface area contributed by atoms with E-state index < -0.39 is 0 Å². The molecule has 0 bridgehead atoms. The number of nitrogens with zero attached hydrogens (tertiary/aromatic N) is 8. The van der Waals surface area contributed by atoms with Crippen LogP contribution in [0.5, 0.6) is 0 Å². The molecule has 5 aromatic rings. The van der Waals surface area contributed by atoms with Crippen LogP contribution in [-0.4, -0.2) is 41.1 Å². The maximum atomic E-state index is 4.80. The van der Waals surface area contributed by atoms with E-state index >= 15 is 0 Å². The van der Waals surface area contributed by atoms with Gasteiger partial charge in [-0.15, -0.1) is 15.3 Å². The number of aromatic nitrogens is 7. The largest absolute Gasteiger partial charge is 0.350 e. The Labute approximate surface area is 191 Å². The number of rotatable bonds is 4. The lowest BCUT2D eigenvalue weighted by Gasteiger charge is -2.30. The Balaban J connectivity index is 1.28. The van der Waals surface area contributed by atoms with Crippen LogP contribution in [0.15, 0.2) is 61.3 Å². The zero-order valence-corrected chi connectivity index (χ0v) is 18.7. The summed E-state index contributed by atoms with van der Waals surface area (Å²) in [6.45, 7) is 6.60. The standard InChI is InChI=1S/C25H24N8/c1-17-18(2)25(30-33-16-27-29-24(17)33)31-9-8-23-21(14-31)10-20(11-26-23)22-12-28-32(15-22)13-19-6-4-3-5-7-19/h3-7,10-12,15-16H,8-9,13-14H2,1-2H3. The van der Waals surface area contributed by atoms with Crippen molar-refractivity contribution in [1.82, 2.24) is 34.6 Å². The summed E-state index contributed by atoms with van der Waals surface area (Å²) in [5, 5.41) is 17.6. The van der Waals surface area contributed by atoms with Gasteiger partial charge in [-0.1, -0.05) is 30.3 Å². The highest BCUT2D eigenvalue weighted by molar-refractivity contribution is 5.63. The van der Waals surface area contributed by atoms with Gasteiger partial charge in [-0.2, -0.15) is 9.61 Å². The van der Waals surface area contributed by atoms with Crippen molar-refractivity contribution in [3.8, 4) is 11.1 Å². The topological polar surface area (TPSA) is 77.0 Å². The van der Waals surface area contributed by atoms with Gasteiger partial charge in [-0.05, 0) is 31.0 Å². The van der Waals surface area contributed by atoms with Gasteiger partial charge in [-0.25, -0.2) is 0 Å². The van der Waals surface area contributed by atoms with Crippen LogP contribution in [0, 0.1) is 13.8 Å². The first kappa shape index (κ1) is 19.6. The van der Waals surface area contributed by atoms with Crippen LogP contribution in [0.3, 0.4) is 0 Å². The minimum absolute atomic E-state index is 0.753. The monoisotopic (exact) mass is 436 g/mol. The third-order valence-electron chi connectivity index (χ3n) is 6.46. The average Bonchev–Trinajstić information content (AvgIpc) is 3.51. The lowest BCUT2D eigenvalue weighted by Crippen LogP contribution is -2.32. The molecule has 5 heterocycles. The van der Waals surface area contributed by atoms with Crippen molar-refractivity contribution >= 4 is 11.5 Å². The molecule has 0 atom stereocenters. The first-order chi connectivity index (χ1) is 16.2. The molecule has 0 amide bonds. The van der Waals surface area contributed by atoms with Crippen molar-refractivity contribution < 1.29 is 0 Å². The lowest BCUT2D eigenvalue weighted by atomic mass is 10.0. The fraction of sp³-hybridized carbons (Fsp3) is 0.240. The van der Waals surface area contributed by atoms with E-state index in [0.29, 0.717) is 0 Å². The summed E-state index contributed by atoms with van der Waals surface area (Å²) in [6.07, 6.45) is 8.53. The summed E-state index contributed by atoms with van der Waals surface area (Å²) in [6, 6.07) is 12.6. The maximum absolute atomic E-state index is 4.80. The summed E-state index contributed by atoms with van der Waals surface area (Å²) in [7, 11) is 0. The van der Waals surface area contributed by atoms with Gasteiger partial charge < -0.3 is 4.90 Å². The number of hydrogen-bond donors (Lipinski definition) is 0. The number of anilines is 1. The quantitative estimate of drug-likeness (QED) is 0.428. The van der Waals surface area contributed by atoms with Crippen LogP contribution in [0.25, 0.3) is 16.8 Å². The van der Waals surface area contributed by atoms with E-state index in [9.17, 15) is 0 Å². The fourth-order valence-electron chi connectivity index (χ4n) is 4.50. The van der Waals surface area contributed by atoms with Gasteiger partial charge in [0.25, 0.3) is 0 Å². The highest BCUT2D eigenvalue weighted by Gasteiger charge is 2.23. The predicted molar refractivity (Wildman–Crippen MR) is 126 cm³/mol. The zero-order valence-electron chi connectivity index (χ0n) is 18.7. The molecule has 6 rings (SSSR count). The lowest BCUT2D eigenvalue weighted by molar-refractivity contribution is 0.686. The average molecular weight is 437 g/mol. The second-order valence-corrected chi connectivity index (χ2v) is 8.59. The van der Waals surface area contributed by atoms with Gasteiger partial charge in [-0.3, -0.25) is 9.67 Å². The van der Waals surface area contributed by atoms with Gasteiger partial charge in [0.05, 0.1) is 12.7 Å². The van der Waals surface area contributed by atoms with E-state index in [4.69, 9.17) is 10.1 Å². The molecule has 0 N–H and O–H groups in total. The molecule has 33 heavy (non-hydrogen) atoms. The molecule has 1 aliphatic rings. The van der Waals surface area contributed by atoms with Crippen molar-refractivity contribution in [3.05, 3.63) is 89.3 Å². The Kier molecular flexibility index (Phi) is 4.64. The molecule has 8 nitrogen and oxygen atoms in total. The number of pyridine rings is 1. The third-order valence-corrected chi connectivity index (χ3v) is 6.46. The normalized spacial score (nSPS) is 13.5. The Hall–Kier alpha value is -4.07. The zero-order chi connectivity index (χ0) is 22.4. The number of hydrogen-bond acceptors (Lipinski definition) is 6. The molecule has 0 aliphatic carbocycles. The highest BCUT2D eigenvalue weighted by atomic mass is 15.4. The molecule has 0 unspecified atom stereocenters. The van der Waals surface area contributed by atoms with Crippen LogP contribution in [0.1, 0.15) is 27.9 Å². The second kappa shape index (κ2) is 7.81. The Morgan fingerprint density at radius 1 is 1.00 bits per heavy atom. The number of benzene rings is 1. The maximum Gasteiger partial charge on any atom is 0.180 e. The molecule has 4 aromatic heterocycles. The van der Waals surface area contributed by atoms with Crippen LogP contribution >= 0.6 is 0 Å². The van der Waals surface area contributed by atoms with Gasteiger partial charge in [0.15, 0.2) is 11.5 Å². The minimum Gasteiger partial charge on any atom is -0.350 e. The second-order valence-electron chi connectivity index (χ2n) is 8.59. The molecule has 8 heteroatoms. The molecule has 0 saturated carbocycles. The Morgan fingerprint density at radius 3 is 2.76 bits per heavy atom. The minimum atomic E-state index is 0.753. The summed E-state index contributed by atoms with van der Waals surface area (Å²) < 4.78 is 3.74. The van der Waals surface area contributed by atoms with E-state index in [1.165, 1.54) is 11.1 Å². The highest BCUT2D eigenvalue weighted by Crippen LogP contribution is 2.29. The van der Waals surface area contributed by atoms with E-state index in [2.05, 4.69) is 70.6 Å². The molecule has 0 fully saturated rings. The first-order valence-corrected chi connectivity index (χ1v) is 11.1. The SMILES string of the molecule is Cc1c(N2CCc3ncc(-c4cnn(Cc5ccccc5)c4)cc3C2)nn2cnnc2c1C. The molecule has 164 valence electrons. The van der Waals surface area contributed by atoms with Crippen molar-refractivity contribution in [1.29, 1.82) is 0 Å². The van der Waals surface area contributed by atoms with Crippen LogP contribution in [-0.2, 0) is 19.5 Å². The Bertz CT molecular complexity index is 1450. The summed E-state index contributed by atoms with van der Waals surface area (Å²) >= 11 is 0. The number of aryl methyl sites for hydroxylation is 1. The summed E-state index contributed by atoms with van der Waals surface area (Å²) in [5.74, 6) is 0.978. The van der Waals surface area contributed by atoms with Gasteiger partial charge in [0, 0.05) is 59.9 Å². The summed E-state index contributed by atoms with van der Waals surface area (Å²) in [5.41, 5.74) is 8.86. The summed E-state index contributed by atoms with van der Waals surface area (Å²) in [4.78, 5) is 7.12. The van der Waals surface area contributed by atoms with Crippen molar-refractivity contribution in [2.45, 2.75) is 33.4 Å². The van der Waals surface area contributed by atoms with Crippen LogP contribution < -0.4 is 4.90 Å². The van der Waals surface area contributed by atoms with E-state index in [1.54, 1.807) is 10.8 Å². The van der Waals surface area contributed by atoms with Crippen LogP contribution in [0.2, 0.25) is 0 Å². The molecular weight excluding hydrogens is 412 g/mol. The smallest absolute Gasteiger partial charge is 0.180 e. The molecular formula is C25H24N8. The van der Waals surface area contributed by atoms with E-state index in [1.807, 2.05) is 23.1 Å². The van der Waals surface area contributed by atoms with E-state index in [-0.39, 0.29) is 0 Å². The Morgan fingerprint density at radius 2 is 1.88 bits per heavy atom. The van der Waals surface area contributed by atoms with E-state index in [0.717, 1.165) is 65.5 Å². The number of fused-ring (bicyclic) bond motifs is 2. The van der Waals surface area contributed by atoms with Crippen molar-refractivity contribution in [3.63, 3.8) is 0 Å². The molecule has 1 aromatic carbocycles. The van der Waals surface area contributed by atoms with Gasteiger partial charge in [0.2, 0.25) is 0 Å². The van der Waals surface area contributed by atoms with Gasteiger partial charge in [0.1, 0.15) is 6.33 Å². The van der Waals surface area contributed by atoms with Crippen molar-refractivity contribution in [2.24, 2.45) is 0 Å². The van der Waals surface area contributed by atoms with Crippen LogP contribution in [0.4, 0.5) is 5.82 Å². The molecule has 0 saturated heterocycles. The first-order valence-electron chi connectivity index (χ1n) is 11.1.